The van der Waals surface area contributed by atoms with Gasteiger partial charge >= 0.3 is 0 Å². The van der Waals surface area contributed by atoms with Crippen LogP contribution in [0.5, 0.6) is 0 Å². The Hall–Kier alpha value is -0.800. The molecule has 2 aromatic heterocycles. The fourth-order valence-electron chi connectivity index (χ4n) is 1.38. The second kappa shape index (κ2) is 4.37. The first-order chi connectivity index (χ1) is 7.15. The summed E-state index contributed by atoms with van der Waals surface area (Å²) in [6.45, 7) is 4.31. The SMILES string of the molecule is CC(C)Cc1cc(-c2ccc(Cl)s2)no1. The highest BCUT2D eigenvalue weighted by Crippen LogP contribution is 2.30. The van der Waals surface area contributed by atoms with Gasteiger partial charge in [-0.1, -0.05) is 30.6 Å². The van der Waals surface area contributed by atoms with Crippen molar-refractivity contribution in [2.24, 2.45) is 5.92 Å². The van der Waals surface area contributed by atoms with E-state index < -0.39 is 0 Å². The Balaban J connectivity index is 2.20. The lowest BCUT2D eigenvalue weighted by atomic mass is 10.1. The minimum Gasteiger partial charge on any atom is -0.361 e. The minimum absolute atomic E-state index is 0.581. The molecule has 0 atom stereocenters. The second-order valence-electron chi connectivity index (χ2n) is 3.88. The Kier molecular flexibility index (Phi) is 3.12. The molecular weight excluding hydrogens is 230 g/mol. The van der Waals surface area contributed by atoms with E-state index in [1.165, 1.54) is 11.3 Å². The van der Waals surface area contributed by atoms with Gasteiger partial charge in [0.15, 0.2) is 0 Å². The van der Waals surface area contributed by atoms with Gasteiger partial charge in [-0.15, -0.1) is 11.3 Å². The zero-order valence-corrected chi connectivity index (χ0v) is 10.2. The molecule has 2 aromatic rings. The van der Waals surface area contributed by atoms with E-state index in [2.05, 4.69) is 19.0 Å². The number of hydrogen-bond donors (Lipinski definition) is 0. The Morgan fingerprint density at radius 1 is 1.47 bits per heavy atom. The van der Waals surface area contributed by atoms with Gasteiger partial charge in [0, 0.05) is 12.5 Å². The summed E-state index contributed by atoms with van der Waals surface area (Å²) >= 11 is 7.38. The van der Waals surface area contributed by atoms with Gasteiger partial charge in [-0.25, -0.2) is 0 Å². The van der Waals surface area contributed by atoms with E-state index in [4.69, 9.17) is 16.1 Å². The van der Waals surface area contributed by atoms with Gasteiger partial charge in [0.05, 0.1) is 9.21 Å². The van der Waals surface area contributed by atoms with Crippen LogP contribution in [-0.4, -0.2) is 5.16 Å². The standard InChI is InChI=1S/C11H12ClNOS/c1-7(2)5-8-6-9(13-14-8)10-3-4-11(12)15-10/h3-4,6-7H,5H2,1-2H3. The van der Waals surface area contributed by atoms with Gasteiger partial charge in [-0.05, 0) is 18.1 Å². The number of aromatic nitrogens is 1. The van der Waals surface area contributed by atoms with E-state index in [0.29, 0.717) is 5.92 Å². The molecule has 0 aliphatic rings. The van der Waals surface area contributed by atoms with Crippen LogP contribution >= 0.6 is 22.9 Å². The van der Waals surface area contributed by atoms with Gasteiger partial charge in [0.1, 0.15) is 11.5 Å². The molecule has 0 saturated heterocycles. The van der Waals surface area contributed by atoms with Gasteiger partial charge < -0.3 is 4.52 Å². The van der Waals surface area contributed by atoms with Crippen LogP contribution in [0.1, 0.15) is 19.6 Å². The number of rotatable bonds is 3. The van der Waals surface area contributed by atoms with E-state index in [1.54, 1.807) is 0 Å². The molecule has 0 saturated carbocycles. The normalized spacial score (nSPS) is 11.2. The highest BCUT2D eigenvalue weighted by Gasteiger charge is 2.09. The molecule has 0 aromatic carbocycles. The predicted molar refractivity (Wildman–Crippen MR) is 63.4 cm³/mol. The molecule has 2 rings (SSSR count). The van der Waals surface area contributed by atoms with Crippen LogP contribution in [0, 0.1) is 5.92 Å². The molecule has 15 heavy (non-hydrogen) atoms. The summed E-state index contributed by atoms with van der Waals surface area (Å²) in [6.07, 6.45) is 0.923. The average Bonchev–Trinajstić information content (AvgIpc) is 2.72. The molecule has 0 bridgehead atoms. The Morgan fingerprint density at radius 3 is 2.87 bits per heavy atom. The van der Waals surface area contributed by atoms with Crippen LogP contribution in [0.25, 0.3) is 10.6 Å². The molecule has 0 amide bonds. The molecule has 2 heterocycles. The Morgan fingerprint density at radius 2 is 2.27 bits per heavy atom. The largest absolute Gasteiger partial charge is 0.361 e. The van der Waals surface area contributed by atoms with E-state index in [9.17, 15) is 0 Å². The van der Waals surface area contributed by atoms with Crippen molar-refractivity contribution in [2.45, 2.75) is 20.3 Å². The third-order valence-electron chi connectivity index (χ3n) is 1.99. The van der Waals surface area contributed by atoms with Crippen molar-refractivity contribution in [1.82, 2.24) is 5.16 Å². The Labute approximate surface area is 97.9 Å². The molecular formula is C11H12ClNOS. The summed E-state index contributed by atoms with van der Waals surface area (Å²) in [7, 11) is 0. The maximum Gasteiger partial charge on any atom is 0.137 e. The molecule has 2 nitrogen and oxygen atoms in total. The van der Waals surface area contributed by atoms with Gasteiger partial charge in [0.25, 0.3) is 0 Å². The summed E-state index contributed by atoms with van der Waals surface area (Å²) in [4.78, 5) is 1.05. The van der Waals surface area contributed by atoms with Crippen LogP contribution in [-0.2, 0) is 6.42 Å². The molecule has 0 N–H and O–H groups in total. The summed E-state index contributed by atoms with van der Waals surface area (Å²) in [5.41, 5.74) is 0.877. The molecule has 0 spiro atoms. The average molecular weight is 242 g/mol. The first-order valence-electron chi connectivity index (χ1n) is 4.86. The van der Waals surface area contributed by atoms with Crippen molar-refractivity contribution in [3.05, 3.63) is 28.3 Å². The highest BCUT2D eigenvalue weighted by atomic mass is 35.5. The molecule has 0 aliphatic heterocycles. The highest BCUT2D eigenvalue weighted by molar-refractivity contribution is 7.19. The molecule has 0 aliphatic carbocycles. The van der Waals surface area contributed by atoms with Gasteiger partial charge in [-0.2, -0.15) is 0 Å². The van der Waals surface area contributed by atoms with E-state index in [0.717, 1.165) is 27.1 Å². The van der Waals surface area contributed by atoms with E-state index in [-0.39, 0.29) is 0 Å². The molecule has 0 fully saturated rings. The topological polar surface area (TPSA) is 26.0 Å². The van der Waals surface area contributed by atoms with Crippen LogP contribution in [0.3, 0.4) is 0 Å². The van der Waals surface area contributed by atoms with E-state index in [1.807, 2.05) is 18.2 Å². The van der Waals surface area contributed by atoms with E-state index >= 15 is 0 Å². The van der Waals surface area contributed by atoms with Crippen molar-refractivity contribution >= 4 is 22.9 Å². The molecule has 80 valence electrons. The smallest absolute Gasteiger partial charge is 0.137 e. The third kappa shape index (κ3) is 2.61. The fraction of sp³-hybridized carbons (Fsp3) is 0.364. The zero-order chi connectivity index (χ0) is 10.8. The summed E-state index contributed by atoms with van der Waals surface area (Å²) < 4.78 is 6.03. The van der Waals surface area contributed by atoms with Crippen molar-refractivity contribution in [1.29, 1.82) is 0 Å². The monoisotopic (exact) mass is 241 g/mol. The lowest BCUT2D eigenvalue weighted by molar-refractivity contribution is 0.370. The second-order valence-corrected chi connectivity index (χ2v) is 5.60. The van der Waals surface area contributed by atoms with Crippen molar-refractivity contribution in [3.8, 4) is 10.6 Å². The number of nitrogens with zero attached hydrogens (tertiary/aromatic N) is 1. The fourth-order valence-corrected chi connectivity index (χ4v) is 2.37. The maximum absolute atomic E-state index is 5.86. The van der Waals surface area contributed by atoms with Crippen LogP contribution in [0.2, 0.25) is 4.34 Å². The van der Waals surface area contributed by atoms with Gasteiger partial charge in [0.2, 0.25) is 0 Å². The lowest BCUT2D eigenvalue weighted by Gasteiger charge is -1.96. The number of halogens is 1. The maximum atomic E-state index is 5.86. The molecule has 0 radical (unpaired) electrons. The van der Waals surface area contributed by atoms with Gasteiger partial charge in [-0.3, -0.25) is 0 Å². The Bertz CT molecular complexity index is 447. The number of thiophene rings is 1. The quantitative estimate of drug-likeness (QED) is 0.803. The molecule has 0 unspecified atom stereocenters. The third-order valence-corrected chi connectivity index (χ3v) is 3.25. The first-order valence-corrected chi connectivity index (χ1v) is 6.06. The van der Waals surface area contributed by atoms with Crippen LogP contribution in [0.4, 0.5) is 0 Å². The number of hydrogen-bond acceptors (Lipinski definition) is 3. The first kappa shape index (κ1) is 10.7. The van der Waals surface area contributed by atoms with Crippen molar-refractivity contribution in [2.75, 3.05) is 0 Å². The van der Waals surface area contributed by atoms with Crippen LogP contribution < -0.4 is 0 Å². The summed E-state index contributed by atoms with van der Waals surface area (Å²) in [5.74, 6) is 1.52. The summed E-state index contributed by atoms with van der Waals surface area (Å²) in [6, 6.07) is 5.82. The minimum atomic E-state index is 0.581. The molecule has 4 heteroatoms. The van der Waals surface area contributed by atoms with Crippen molar-refractivity contribution in [3.63, 3.8) is 0 Å². The van der Waals surface area contributed by atoms with Crippen LogP contribution in [0.15, 0.2) is 22.7 Å². The zero-order valence-electron chi connectivity index (χ0n) is 8.66. The predicted octanol–water partition coefficient (Wildman–Crippen LogP) is 4.26. The van der Waals surface area contributed by atoms with Crippen molar-refractivity contribution < 1.29 is 4.52 Å². The summed E-state index contributed by atoms with van der Waals surface area (Å²) in [5, 5.41) is 4.03. The lowest BCUT2D eigenvalue weighted by Crippen LogP contribution is -1.90.